The fourth-order valence-electron chi connectivity index (χ4n) is 2.56. The molecule has 1 heterocycles. The zero-order valence-corrected chi connectivity index (χ0v) is 17.2. The summed E-state index contributed by atoms with van der Waals surface area (Å²) < 4.78 is 1.94. The summed E-state index contributed by atoms with van der Waals surface area (Å²) in [6, 6.07) is 22.3. The summed E-state index contributed by atoms with van der Waals surface area (Å²) in [4.78, 5) is 13.5. The number of ketones is 1. The molecule has 0 saturated carbocycles. The van der Waals surface area contributed by atoms with Gasteiger partial charge in [0.25, 0.3) is 0 Å². The van der Waals surface area contributed by atoms with Gasteiger partial charge in [0.15, 0.2) is 12.4 Å². The lowest BCUT2D eigenvalue weighted by Crippen LogP contribution is -3.00. The van der Waals surface area contributed by atoms with E-state index < -0.39 is 0 Å². The van der Waals surface area contributed by atoms with Gasteiger partial charge in [0.2, 0.25) is 12.3 Å². The molecule has 0 aliphatic heterocycles. The molecular formula is C22H22BrNOS. The Bertz CT molecular complexity index is 817. The summed E-state index contributed by atoms with van der Waals surface area (Å²) in [5.74, 6) is 1.18. The first-order valence-corrected chi connectivity index (χ1v) is 9.45. The van der Waals surface area contributed by atoms with Gasteiger partial charge in [0.05, 0.1) is 0 Å². The minimum absolute atomic E-state index is 0. The third-order valence-electron chi connectivity index (χ3n) is 4.06. The number of Topliss-reactive ketones (excluding diaryl/α,β-unsaturated/α-hetero) is 1. The molecule has 0 spiro atoms. The minimum Gasteiger partial charge on any atom is -1.00 e. The Labute approximate surface area is 170 Å². The number of pyridine rings is 1. The molecule has 2 nitrogen and oxygen atoms in total. The van der Waals surface area contributed by atoms with E-state index in [0.29, 0.717) is 6.54 Å². The van der Waals surface area contributed by atoms with Crippen molar-refractivity contribution in [2.75, 3.05) is 5.75 Å². The van der Waals surface area contributed by atoms with E-state index in [-0.39, 0.29) is 22.8 Å². The van der Waals surface area contributed by atoms with E-state index in [1.165, 1.54) is 16.0 Å². The topological polar surface area (TPSA) is 20.9 Å². The van der Waals surface area contributed by atoms with Crippen molar-refractivity contribution in [2.45, 2.75) is 24.8 Å². The number of aromatic nitrogens is 1. The molecule has 4 heteroatoms. The highest BCUT2D eigenvalue weighted by molar-refractivity contribution is 7.99. The van der Waals surface area contributed by atoms with Crippen LogP contribution < -0.4 is 21.5 Å². The van der Waals surface area contributed by atoms with Crippen LogP contribution >= 0.6 is 11.8 Å². The van der Waals surface area contributed by atoms with Gasteiger partial charge in [-0.1, -0.05) is 48.0 Å². The Morgan fingerprint density at radius 2 is 1.58 bits per heavy atom. The van der Waals surface area contributed by atoms with E-state index in [2.05, 4.69) is 43.3 Å². The first kappa shape index (κ1) is 20.4. The van der Waals surface area contributed by atoms with Crippen LogP contribution in [0.1, 0.15) is 21.5 Å². The second-order valence-electron chi connectivity index (χ2n) is 6.08. The largest absolute Gasteiger partial charge is 1.00 e. The Morgan fingerprint density at radius 3 is 2.23 bits per heavy atom. The molecule has 0 amide bonds. The van der Waals surface area contributed by atoms with Gasteiger partial charge in [0.1, 0.15) is 0 Å². The van der Waals surface area contributed by atoms with Crippen molar-refractivity contribution in [2.24, 2.45) is 0 Å². The highest BCUT2D eigenvalue weighted by Crippen LogP contribution is 2.19. The molecule has 0 atom stereocenters. The quantitative estimate of drug-likeness (QED) is 0.323. The molecule has 1 aromatic heterocycles. The molecule has 0 aliphatic rings. The maximum Gasteiger partial charge on any atom is 0.227 e. The van der Waals surface area contributed by atoms with Crippen molar-refractivity contribution in [1.29, 1.82) is 0 Å². The maximum atomic E-state index is 12.2. The number of carbonyl (C=O) groups is 1. The summed E-state index contributed by atoms with van der Waals surface area (Å²) in [6.07, 6.45) is 5.01. The number of nitrogens with zero attached hydrogens (tertiary/aromatic N) is 1. The first-order valence-electron chi connectivity index (χ1n) is 8.46. The molecule has 3 aromatic rings. The predicted molar refractivity (Wildman–Crippen MR) is 103 cm³/mol. The number of carbonyl (C=O) groups excluding carboxylic acids is 1. The first-order chi connectivity index (χ1) is 12.2. The molecule has 134 valence electrons. The number of thioether (sulfide) groups is 1. The monoisotopic (exact) mass is 427 g/mol. The van der Waals surface area contributed by atoms with Crippen molar-refractivity contribution >= 4 is 17.5 Å². The van der Waals surface area contributed by atoms with Gasteiger partial charge < -0.3 is 17.0 Å². The van der Waals surface area contributed by atoms with Crippen LogP contribution in [0.5, 0.6) is 0 Å². The summed E-state index contributed by atoms with van der Waals surface area (Å²) in [6.45, 7) is 2.48. The van der Waals surface area contributed by atoms with Gasteiger partial charge in [-0.05, 0) is 31.0 Å². The van der Waals surface area contributed by atoms with E-state index in [9.17, 15) is 4.79 Å². The van der Waals surface area contributed by atoms with Crippen LogP contribution in [0.3, 0.4) is 0 Å². The predicted octanol–water partition coefficient (Wildman–Crippen LogP) is 1.50. The lowest BCUT2D eigenvalue weighted by Gasteiger charge is -2.03. The number of benzene rings is 2. The lowest BCUT2D eigenvalue weighted by atomic mass is 10.1. The van der Waals surface area contributed by atoms with E-state index in [0.717, 1.165) is 17.7 Å². The van der Waals surface area contributed by atoms with Gasteiger partial charge in [-0.25, -0.2) is 0 Å². The number of hydrogen-bond acceptors (Lipinski definition) is 2. The van der Waals surface area contributed by atoms with Gasteiger partial charge in [0, 0.05) is 28.3 Å². The fourth-order valence-corrected chi connectivity index (χ4v) is 3.46. The minimum atomic E-state index is 0. The summed E-state index contributed by atoms with van der Waals surface area (Å²) >= 11 is 1.88. The molecule has 0 bridgehead atoms. The van der Waals surface area contributed by atoms with Crippen molar-refractivity contribution < 1.29 is 26.3 Å². The number of aryl methyl sites for hydroxylation is 2. The van der Waals surface area contributed by atoms with Crippen molar-refractivity contribution in [1.82, 2.24) is 0 Å². The molecule has 26 heavy (non-hydrogen) atoms. The Balaban J connectivity index is 0.00000243. The lowest BCUT2D eigenvalue weighted by molar-refractivity contribution is -0.683. The Kier molecular flexibility index (Phi) is 8.07. The molecule has 0 N–H and O–H groups in total. The van der Waals surface area contributed by atoms with Crippen LogP contribution in [-0.4, -0.2) is 11.5 Å². The van der Waals surface area contributed by atoms with Gasteiger partial charge in [-0.3, -0.25) is 4.79 Å². The zero-order valence-electron chi connectivity index (χ0n) is 14.8. The molecule has 0 saturated heterocycles. The molecule has 0 unspecified atom stereocenters. The van der Waals surface area contributed by atoms with E-state index in [1.807, 2.05) is 59.1 Å². The number of halogens is 1. The number of rotatable bonds is 7. The number of hydrogen-bond donors (Lipinski definition) is 0. The molecular weight excluding hydrogens is 406 g/mol. The summed E-state index contributed by atoms with van der Waals surface area (Å²) in [5, 5.41) is 0. The third-order valence-corrected chi connectivity index (χ3v) is 5.08. The zero-order chi connectivity index (χ0) is 17.5. The Hall–Kier alpha value is -1.91. The van der Waals surface area contributed by atoms with Gasteiger partial charge >= 0.3 is 0 Å². The van der Waals surface area contributed by atoms with Gasteiger partial charge in [-0.15, -0.1) is 11.8 Å². The van der Waals surface area contributed by atoms with Crippen LogP contribution in [0.4, 0.5) is 0 Å². The molecule has 0 fully saturated rings. The Morgan fingerprint density at radius 1 is 0.923 bits per heavy atom. The summed E-state index contributed by atoms with van der Waals surface area (Å²) in [5.41, 5.74) is 3.35. The highest BCUT2D eigenvalue weighted by Gasteiger charge is 2.11. The van der Waals surface area contributed by atoms with E-state index in [4.69, 9.17) is 0 Å². The van der Waals surface area contributed by atoms with E-state index in [1.54, 1.807) is 0 Å². The van der Waals surface area contributed by atoms with Crippen molar-refractivity contribution in [3.05, 3.63) is 95.8 Å². The van der Waals surface area contributed by atoms with Crippen LogP contribution in [0, 0.1) is 6.92 Å². The third kappa shape index (κ3) is 6.11. The van der Waals surface area contributed by atoms with Crippen LogP contribution in [-0.2, 0) is 13.0 Å². The molecule has 0 aliphatic carbocycles. The van der Waals surface area contributed by atoms with E-state index >= 15 is 0 Å². The van der Waals surface area contributed by atoms with Crippen LogP contribution in [0.25, 0.3) is 0 Å². The molecule has 2 aromatic carbocycles. The van der Waals surface area contributed by atoms with Gasteiger partial charge in [-0.2, -0.15) is 4.57 Å². The van der Waals surface area contributed by atoms with Crippen LogP contribution in [0.15, 0.2) is 84.0 Å². The highest BCUT2D eigenvalue weighted by atomic mass is 79.9. The molecule has 3 rings (SSSR count). The average Bonchev–Trinajstić information content (AvgIpc) is 2.65. The SMILES string of the molecule is Cc1ccc(SCCc2cc[n+](CC(=O)c3ccccc3)cc2)cc1.[Br-]. The fraction of sp³-hybridized carbons (Fsp3) is 0.182. The summed E-state index contributed by atoms with van der Waals surface area (Å²) in [7, 11) is 0. The second-order valence-corrected chi connectivity index (χ2v) is 7.25. The average molecular weight is 428 g/mol. The normalized spacial score (nSPS) is 10.2. The van der Waals surface area contributed by atoms with Crippen LogP contribution in [0.2, 0.25) is 0 Å². The standard InChI is InChI=1S/C22H22NOS.BrH/c1-18-7-9-21(10-8-18)25-16-13-19-11-14-23(15-12-19)17-22(24)20-5-3-2-4-6-20;/h2-12,14-15H,13,16-17H2,1H3;1H/q+1;/p-1. The van der Waals surface area contributed by atoms with Crippen molar-refractivity contribution in [3.63, 3.8) is 0 Å². The molecule has 0 radical (unpaired) electrons. The van der Waals surface area contributed by atoms with Crippen molar-refractivity contribution in [3.8, 4) is 0 Å². The smallest absolute Gasteiger partial charge is 0.227 e. The maximum absolute atomic E-state index is 12.2. The second kappa shape index (κ2) is 10.3.